The van der Waals surface area contributed by atoms with Gasteiger partial charge in [0.2, 0.25) is 12.7 Å². The maximum absolute atomic E-state index is 12.2. The monoisotopic (exact) mass is 296 g/mol. The van der Waals surface area contributed by atoms with Crippen LogP contribution in [0.15, 0.2) is 42.5 Å². The van der Waals surface area contributed by atoms with E-state index in [-0.39, 0.29) is 18.7 Å². The second-order valence-electron chi connectivity index (χ2n) is 5.63. The van der Waals surface area contributed by atoms with E-state index in [9.17, 15) is 4.79 Å². The Morgan fingerprint density at radius 2 is 1.82 bits per heavy atom. The highest BCUT2D eigenvalue weighted by molar-refractivity contribution is 6.05. The van der Waals surface area contributed by atoms with Gasteiger partial charge in [0.15, 0.2) is 11.5 Å². The second-order valence-corrected chi connectivity index (χ2v) is 5.63. The summed E-state index contributed by atoms with van der Waals surface area (Å²) in [5.74, 6) is 1.37. The predicted molar refractivity (Wildman–Crippen MR) is 81.9 cm³/mol. The number of aryl methyl sites for hydroxylation is 1. The summed E-state index contributed by atoms with van der Waals surface area (Å²) in [5.41, 5.74) is 9.01. The van der Waals surface area contributed by atoms with E-state index in [1.54, 1.807) is 4.90 Å². The zero-order valence-electron chi connectivity index (χ0n) is 12.2. The van der Waals surface area contributed by atoms with Gasteiger partial charge in [-0.1, -0.05) is 23.8 Å². The van der Waals surface area contributed by atoms with E-state index in [4.69, 9.17) is 15.2 Å². The maximum atomic E-state index is 12.2. The minimum atomic E-state index is -0.526. The van der Waals surface area contributed by atoms with Crippen molar-refractivity contribution in [1.82, 2.24) is 0 Å². The molecule has 2 N–H and O–H groups in total. The van der Waals surface area contributed by atoms with Crippen LogP contribution >= 0.6 is 0 Å². The number of anilines is 1. The molecular weight excluding hydrogens is 280 g/mol. The van der Waals surface area contributed by atoms with Crippen molar-refractivity contribution in [3.63, 3.8) is 0 Å². The third kappa shape index (κ3) is 1.86. The van der Waals surface area contributed by atoms with Crippen molar-refractivity contribution in [2.45, 2.75) is 19.0 Å². The van der Waals surface area contributed by atoms with E-state index in [0.717, 1.165) is 22.6 Å². The van der Waals surface area contributed by atoms with Gasteiger partial charge in [0.1, 0.15) is 6.04 Å². The van der Waals surface area contributed by atoms with Crippen LogP contribution in [0.1, 0.15) is 17.2 Å². The van der Waals surface area contributed by atoms with Crippen molar-refractivity contribution in [3.8, 4) is 11.5 Å². The summed E-state index contributed by atoms with van der Waals surface area (Å²) in [6, 6.07) is 12.9. The lowest BCUT2D eigenvalue weighted by molar-refractivity contribution is -0.126. The first-order valence-corrected chi connectivity index (χ1v) is 7.20. The van der Waals surface area contributed by atoms with Crippen LogP contribution in [0.4, 0.5) is 5.69 Å². The Bertz CT molecular complexity index is 742. The van der Waals surface area contributed by atoms with Crippen LogP contribution in [0.3, 0.4) is 0 Å². The summed E-state index contributed by atoms with van der Waals surface area (Å²) in [6.45, 7) is 2.25. The molecule has 1 saturated heterocycles. The molecule has 2 aromatic rings. The Balaban J connectivity index is 1.70. The smallest absolute Gasteiger partial charge is 0.247 e. The summed E-state index contributed by atoms with van der Waals surface area (Å²) in [5, 5.41) is 0. The Morgan fingerprint density at radius 1 is 1.09 bits per heavy atom. The summed E-state index contributed by atoms with van der Waals surface area (Å²) in [6.07, 6.45) is 0. The number of β-lactam (4-membered cyclic amide) rings is 1. The van der Waals surface area contributed by atoms with Gasteiger partial charge in [0.05, 0.1) is 6.04 Å². The lowest BCUT2D eigenvalue weighted by Crippen LogP contribution is -2.63. The van der Waals surface area contributed by atoms with Crippen molar-refractivity contribution >= 4 is 11.6 Å². The standard InChI is InChI=1S/C17H16N2O3/c1-10-2-5-12(6-3-10)19-16(15(18)17(19)20)11-4-7-13-14(8-11)22-9-21-13/h2-8,15-16H,9,18H2,1H3/t15-,16+/m0/s1. The molecule has 2 aliphatic rings. The molecule has 2 aliphatic heterocycles. The highest BCUT2D eigenvalue weighted by Gasteiger charge is 2.46. The number of rotatable bonds is 2. The van der Waals surface area contributed by atoms with E-state index >= 15 is 0 Å². The maximum Gasteiger partial charge on any atom is 0.247 e. The van der Waals surface area contributed by atoms with Gasteiger partial charge < -0.3 is 20.1 Å². The molecule has 0 radical (unpaired) electrons. The molecule has 0 spiro atoms. The van der Waals surface area contributed by atoms with Gasteiger partial charge in [-0.25, -0.2) is 0 Å². The van der Waals surface area contributed by atoms with E-state index in [2.05, 4.69) is 0 Å². The van der Waals surface area contributed by atoms with Crippen LogP contribution in [0.25, 0.3) is 0 Å². The van der Waals surface area contributed by atoms with Gasteiger partial charge in [-0.3, -0.25) is 4.79 Å². The fourth-order valence-corrected chi connectivity index (χ4v) is 2.96. The third-order valence-corrected chi connectivity index (χ3v) is 4.19. The number of hydrogen-bond donors (Lipinski definition) is 1. The zero-order chi connectivity index (χ0) is 15.3. The molecule has 0 bridgehead atoms. The number of nitrogens with two attached hydrogens (primary N) is 1. The molecule has 2 aromatic carbocycles. The Hall–Kier alpha value is -2.53. The van der Waals surface area contributed by atoms with Gasteiger partial charge >= 0.3 is 0 Å². The first-order chi connectivity index (χ1) is 10.6. The summed E-state index contributed by atoms with van der Waals surface area (Å²) in [7, 11) is 0. The van der Waals surface area contributed by atoms with Gasteiger partial charge in [-0.2, -0.15) is 0 Å². The summed E-state index contributed by atoms with van der Waals surface area (Å²) < 4.78 is 10.7. The van der Waals surface area contributed by atoms with Crippen LogP contribution in [0.2, 0.25) is 0 Å². The Morgan fingerprint density at radius 3 is 2.59 bits per heavy atom. The average molecular weight is 296 g/mol. The number of hydrogen-bond acceptors (Lipinski definition) is 4. The minimum absolute atomic E-state index is 0.0634. The number of benzene rings is 2. The molecule has 4 rings (SSSR count). The summed E-state index contributed by atoms with van der Waals surface area (Å²) >= 11 is 0. The topological polar surface area (TPSA) is 64.8 Å². The highest BCUT2D eigenvalue weighted by atomic mass is 16.7. The lowest BCUT2D eigenvalue weighted by atomic mass is 9.88. The normalized spacial score (nSPS) is 22.6. The van der Waals surface area contributed by atoms with Gasteiger partial charge in [0, 0.05) is 5.69 Å². The zero-order valence-corrected chi connectivity index (χ0v) is 12.2. The first-order valence-electron chi connectivity index (χ1n) is 7.20. The van der Waals surface area contributed by atoms with E-state index < -0.39 is 6.04 Å². The molecule has 1 amide bonds. The van der Waals surface area contributed by atoms with Crippen molar-refractivity contribution in [2.75, 3.05) is 11.7 Å². The predicted octanol–water partition coefficient (Wildman–Crippen LogP) is 2.14. The fourth-order valence-electron chi connectivity index (χ4n) is 2.96. The molecule has 0 unspecified atom stereocenters. The third-order valence-electron chi connectivity index (χ3n) is 4.19. The van der Waals surface area contributed by atoms with Gasteiger partial charge in [-0.15, -0.1) is 0 Å². The van der Waals surface area contributed by atoms with Crippen LogP contribution < -0.4 is 20.1 Å². The number of ether oxygens (including phenoxy) is 2. The number of carbonyl (C=O) groups excluding carboxylic acids is 1. The molecule has 2 atom stereocenters. The Kier molecular flexibility index (Phi) is 2.84. The second kappa shape index (κ2) is 4.74. The number of nitrogens with zero attached hydrogens (tertiary/aromatic N) is 1. The molecule has 5 nitrogen and oxygen atoms in total. The van der Waals surface area contributed by atoms with Crippen LogP contribution in [0.5, 0.6) is 11.5 Å². The molecule has 2 heterocycles. The molecule has 0 saturated carbocycles. The lowest BCUT2D eigenvalue weighted by Gasteiger charge is -2.45. The van der Waals surface area contributed by atoms with Crippen molar-refractivity contribution in [1.29, 1.82) is 0 Å². The SMILES string of the molecule is Cc1ccc(N2C(=O)[C@@H](N)[C@H]2c2ccc3c(c2)OCO3)cc1. The van der Waals surface area contributed by atoms with Crippen molar-refractivity contribution in [2.24, 2.45) is 5.73 Å². The van der Waals surface area contributed by atoms with Crippen molar-refractivity contribution < 1.29 is 14.3 Å². The molecule has 5 heteroatoms. The van der Waals surface area contributed by atoms with Gasteiger partial charge in [0.25, 0.3) is 0 Å². The molecule has 112 valence electrons. The van der Waals surface area contributed by atoms with Crippen molar-refractivity contribution in [3.05, 3.63) is 53.6 Å². The number of carbonyl (C=O) groups is 1. The molecule has 1 fully saturated rings. The van der Waals surface area contributed by atoms with Crippen LogP contribution in [-0.2, 0) is 4.79 Å². The number of fused-ring (bicyclic) bond motifs is 1. The average Bonchev–Trinajstić information content (AvgIpc) is 3.00. The quantitative estimate of drug-likeness (QED) is 0.862. The first kappa shape index (κ1) is 13.2. The minimum Gasteiger partial charge on any atom is -0.454 e. The largest absolute Gasteiger partial charge is 0.454 e. The van der Waals surface area contributed by atoms with E-state index in [1.165, 1.54) is 0 Å². The van der Waals surface area contributed by atoms with Crippen LogP contribution in [-0.4, -0.2) is 18.7 Å². The highest BCUT2D eigenvalue weighted by Crippen LogP contribution is 2.42. The van der Waals surface area contributed by atoms with E-state index in [0.29, 0.717) is 5.75 Å². The molecule has 0 aromatic heterocycles. The number of amides is 1. The van der Waals surface area contributed by atoms with E-state index in [1.807, 2.05) is 49.4 Å². The summed E-state index contributed by atoms with van der Waals surface area (Å²) in [4.78, 5) is 13.9. The fraction of sp³-hybridized carbons (Fsp3) is 0.235. The molecular formula is C17H16N2O3. The molecule has 22 heavy (non-hydrogen) atoms. The Labute approximate surface area is 128 Å². The molecule has 0 aliphatic carbocycles. The van der Waals surface area contributed by atoms with Gasteiger partial charge in [-0.05, 0) is 36.8 Å². The van der Waals surface area contributed by atoms with Crippen LogP contribution in [0, 0.1) is 6.92 Å².